The molecule has 1 aliphatic heterocycles. The Morgan fingerprint density at radius 2 is 1.63 bits per heavy atom. The molecule has 0 radical (unpaired) electrons. The summed E-state index contributed by atoms with van der Waals surface area (Å²) in [6, 6.07) is 13.0. The standard InChI is InChI=1S/C34H29F6N3O7S/c1-19-14-20(16-51(46,47)43(31(44)21-10-11-21)25-7-3-4-8-26(25)48-2)9-12-24(19)42-15-23-27(32(42)45)29(49-17-33(35,36)37)22-6-5-13-41-28(22)30(23)50-18-34(38,39)40/h3-9,12-14,21H,10-11,15-18H2,1-2H3. The molecule has 10 nitrogen and oxygen atoms in total. The number of benzene rings is 3. The Labute approximate surface area is 287 Å². The van der Waals surface area contributed by atoms with Gasteiger partial charge in [-0.05, 0) is 61.2 Å². The number of sulfonamides is 1. The lowest BCUT2D eigenvalue weighted by Crippen LogP contribution is -2.39. The number of anilines is 2. The zero-order valence-corrected chi connectivity index (χ0v) is 27.8. The van der Waals surface area contributed by atoms with E-state index in [1.165, 1.54) is 55.8 Å². The largest absolute Gasteiger partial charge is 0.495 e. The molecule has 3 aromatic carbocycles. The number of para-hydroxylation sites is 2. The first-order valence-electron chi connectivity index (χ1n) is 15.4. The number of hydrogen-bond donors (Lipinski definition) is 0. The second-order valence-corrected chi connectivity index (χ2v) is 13.9. The first-order chi connectivity index (χ1) is 24.0. The molecule has 2 amide bonds. The van der Waals surface area contributed by atoms with Gasteiger partial charge in [-0.2, -0.15) is 26.3 Å². The van der Waals surface area contributed by atoms with Crippen molar-refractivity contribution in [3.8, 4) is 17.2 Å². The van der Waals surface area contributed by atoms with Crippen LogP contribution >= 0.6 is 0 Å². The third kappa shape index (κ3) is 7.38. The minimum absolute atomic E-state index is 0.0552. The predicted octanol–water partition coefficient (Wildman–Crippen LogP) is 6.87. The Hall–Kier alpha value is -5.06. The fourth-order valence-electron chi connectivity index (χ4n) is 5.93. The molecule has 17 heteroatoms. The highest BCUT2D eigenvalue weighted by atomic mass is 32.2. The van der Waals surface area contributed by atoms with Gasteiger partial charge in [0.15, 0.2) is 19.0 Å². The number of ether oxygens (including phenoxy) is 3. The van der Waals surface area contributed by atoms with Crippen LogP contribution in [0, 0.1) is 12.8 Å². The van der Waals surface area contributed by atoms with Crippen LogP contribution in [0.1, 0.15) is 39.9 Å². The molecule has 0 atom stereocenters. The fraction of sp³-hybridized carbons (Fsp3) is 0.324. The SMILES string of the molecule is COc1ccccc1N(C(=O)C1CC1)S(=O)(=O)Cc1ccc(N2Cc3c(c(OCC(F)(F)F)c4cccnc4c3OCC(F)(F)F)C2=O)c(C)c1. The van der Waals surface area contributed by atoms with Gasteiger partial charge in [-0.3, -0.25) is 14.6 Å². The molecule has 0 spiro atoms. The molecular weight excluding hydrogens is 708 g/mol. The summed E-state index contributed by atoms with van der Waals surface area (Å²) in [6.45, 7) is -2.43. The summed E-state index contributed by atoms with van der Waals surface area (Å²) < 4.78 is 124. The van der Waals surface area contributed by atoms with Crippen LogP contribution in [0.2, 0.25) is 0 Å². The first kappa shape index (κ1) is 35.8. The summed E-state index contributed by atoms with van der Waals surface area (Å²) in [6.07, 6.45) is -7.32. The number of pyridine rings is 1. The number of carbonyl (C=O) groups is 2. The lowest BCUT2D eigenvalue weighted by molar-refractivity contribution is -0.154. The van der Waals surface area contributed by atoms with Crippen molar-refractivity contribution in [1.82, 2.24) is 4.98 Å². The third-order valence-electron chi connectivity index (χ3n) is 8.22. The molecule has 6 rings (SSSR count). The zero-order chi connectivity index (χ0) is 36.9. The fourth-order valence-corrected chi connectivity index (χ4v) is 7.54. The summed E-state index contributed by atoms with van der Waals surface area (Å²) in [7, 11) is -2.99. The summed E-state index contributed by atoms with van der Waals surface area (Å²) in [5.74, 6) is -3.35. The molecule has 0 N–H and O–H groups in total. The first-order valence-corrected chi connectivity index (χ1v) is 17.0. The van der Waals surface area contributed by atoms with Crippen LogP contribution in [-0.2, 0) is 27.1 Å². The molecule has 51 heavy (non-hydrogen) atoms. The Morgan fingerprint density at radius 1 is 0.961 bits per heavy atom. The predicted molar refractivity (Wildman–Crippen MR) is 172 cm³/mol. The number of hydrogen-bond acceptors (Lipinski definition) is 8. The van der Waals surface area contributed by atoms with Gasteiger partial charge in [0, 0.05) is 28.8 Å². The average molecular weight is 738 g/mol. The van der Waals surface area contributed by atoms with Crippen LogP contribution < -0.4 is 23.4 Å². The zero-order valence-electron chi connectivity index (χ0n) is 27.0. The minimum atomic E-state index is -4.81. The van der Waals surface area contributed by atoms with Crippen molar-refractivity contribution in [2.75, 3.05) is 29.5 Å². The normalized spacial score (nSPS) is 14.8. The highest BCUT2D eigenvalue weighted by molar-refractivity contribution is 7.92. The second kappa shape index (κ2) is 13.2. The number of carbonyl (C=O) groups excluding carboxylic acids is 2. The molecule has 1 aliphatic carbocycles. The molecule has 2 aliphatic rings. The van der Waals surface area contributed by atoms with E-state index in [-0.39, 0.29) is 39.2 Å². The van der Waals surface area contributed by atoms with E-state index >= 15 is 0 Å². The quantitative estimate of drug-likeness (QED) is 0.153. The summed E-state index contributed by atoms with van der Waals surface area (Å²) in [5, 5.41) is -0.162. The van der Waals surface area contributed by atoms with Gasteiger partial charge in [0.1, 0.15) is 22.7 Å². The maximum Gasteiger partial charge on any atom is 0.422 e. The van der Waals surface area contributed by atoms with Gasteiger partial charge in [-0.25, -0.2) is 12.7 Å². The van der Waals surface area contributed by atoms with E-state index in [2.05, 4.69) is 4.98 Å². The van der Waals surface area contributed by atoms with Gasteiger partial charge in [0.25, 0.3) is 5.91 Å². The topological polar surface area (TPSA) is 115 Å². The number of halogens is 6. The van der Waals surface area contributed by atoms with E-state index in [9.17, 15) is 44.3 Å². The van der Waals surface area contributed by atoms with Gasteiger partial charge in [0.2, 0.25) is 15.9 Å². The maximum atomic E-state index is 14.0. The highest BCUT2D eigenvalue weighted by Crippen LogP contribution is 2.47. The molecule has 1 saturated carbocycles. The van der Waals surface area contributed by atoms with Crippen molar-refractivity contribution >= 4 is 44.1 Å². The Bertz CT molecular complexity index is 2140. The van der Waals surface area contributed by atoms with Gasteiger partial charge in [0.05, 0.1) is 25.0 Å². The van der Waals surface area contributed by atoms with Gasteiger partial charge >= 0.3 is 12.4 Å². The molecule has 1 aromatic heterocycles. The van der Waals surface area contributed by atoms with Crippen LogP contribution in [-0.4, -0.2) is 57.9 Å². The number of amides is 2. The van der Waals surface area contributed by atoms with Gasteiger partial charge in [-0.15, -0.1) is 0 Å². The van der Waals surface area contributed by atoms with Crippen LogP contribution in [0.3, 0.4) is 0 Å². The lowest BCUT2D eigenvalue weighted by Gasteiger charge is -2.25. The van der Waals surface area contributed by atoms with Crippen LogP contribution in [0.15, 0.2) is 60.8 Å². The summed E-state index contributed by atoms with van der Waals surface area (Å²) >= 11 is 0. The van der Waals surface area contributed by atoms with Crippen molar-refractivity contribution in [3.05, 3.63) is 83.0 Å². The van der Waals surface area contributed by atoms with Crippen molar-refractivity contribution in [3.63, 3.8) is 0 Å². The van der Waals surface area contributed by atoms with E-state index in [0.717, 1.165) is 9.21 Å². The van der Waals surface area contributed by atoms with Crippen molar-refractivity contribution in [1.29, 1.82) is 0 Å². The Morgan fingerprint density at radius 3 is 2.25 bits per heavy atom. The van der Waals surface area contributed by atoms with E-state index in [0.29, 0.717) is 18.4 Å². The highest BCUT2D eigenvalue weighted by Gasteiger charge is 2.42. The number of alkyl halides is 6. The van der Waals surface area contributed by atoms with Crippen LogP contribution in [0.25, 0.3) is 10.9 Å². The van der Waals surface area contributed by atoms with E-state index in [4.69, 9.17) is 14.2 Å². The molecule has 0 unspecified atom stereocenters. The minimum Gasteiger partial charge on any atom is -0.495 e. The summed E-state index contributed by atoms with van der Waals surface area (Å²) in [5.41, 5.74) is 0.0125. The number of aryl methyl sites for hydroxylation is 1. The smallest absolute Gasteiger partial charge is 0.422 e. The van der Waals surface area contributed by atoms with Crippen molar-refractivity contribution in [2.24, 2.45) is 5.92 Å². The molecule has 270 valence electrons. The molecule has 1 fully saturated rings. The number of methoxy groups -OCH3 is 1. The molecule has 2 heterocycles. The number of aromatic nitrogens is 1. The van der Waals surface area contributed by atoms with Crippen LogP contribution in [0.5, 0.6) is 17.2 Å². The van der Waals surface area contributed by atoms with Crippen molar-refractivity contribution in [2.45, 2.75) is 44.4 Å². The van der Waals surface area contributed by atoms with E-state index in [1.807, 2.05) is 0 Å². The van der Waals surface area contributed by atoms with Gasteiger partial charge in [-0.1, -0.05) is 24.3 Å². The molecule has 4 aromatic rings. The summed E-state index contributed by atoms with van der Waals surface area (Å²) in [4.78, 5) is 32.4. The number of fused-ring (bicyclic) bond motifs is 2. The van der Waals surface area contributed by atoms with Crippen LogP contribution in [0.4, 0.5) is 37.7 Å². The Balaban J connectivity index is 1.37. The number of rotatable bonds is 11. The van der Waals surface area contributed by atoms with E-state index < -0.39 is 82.7 Å². The Kier molecular flexibility index (Phi) is 9.29. The molecule has 0 bridgehead atoms. The second-order valence-electron chi connectivity index (χ2n) is 12.0. The lowest BCUT2D eigenvalue weighted by atomic mass is 10.0. The van der Waals surface area contributed by atoms with Gasteiger partial charge < -0.3 is 19.1 Å². The molecular formula is C34H29F6N3O7S. The van der Waals surface area contributed by atoms with Crippen molar-refractivity contribution < 1.29 is 58.6 Å². The molecule has 0 saturated heterocycles. The van der Waals surface area contributed by atoms with E-state index in [1.54, 1.807) is 19.1 Å². The third-order valence-corrected chi connectivity index (χ3v) is 9.85. The monoisotopic (exact) mass is 737 g/mol. The number of nitrogens with zero attached hydrogens (tertiary/aromatic N) is 3. The maximum absolute atomic E-state index is 14.0. The average Bonchev–Trinajstić information content (AvgIpc) is 3.85.